The Bertz CT molecular complexity index is 1130. The Hall–Kier alpha value is -2.45. The Kier molecular flexibility index (Phi) is 7.42. The van der Waals surface area contributed by atoms with E-state index in [9.17, 15) is 9.59 Å². The highest BCUT2D eigenvalue weighted by molar-refractivity contribution is 8.00. The summed E-state index contributed by atoms with van der Waals surface area (Å²) in [6.07, 6.45) is 6.98. The highest BCUT2D eigenvalue weighted by Gasteiger charge is 2.22. The normalized spacial score (nSPS) is 13.1. The van der Waals surface area contributed by atoms with Gasteiger partial charge in [-0.15, -0.1) is 11.3 Å². The molecule has 0 saturated carbocycles. The molecule has 0 unspecified atom stereocenters. The van der Waals surface area contributed by atoms with Crippen LogP contribution in [0.1, 0.15) is 42.2 Å². The van der Waals surface area contributed by atoms with E-state index in [0.717, 1.165) is 45.8 Å². The summed E-state index contributed by atoms with van der Waals surface area (Å²) in [4.78, 5) is 38.7. The lowest BCUT2D eigenvalue weighted by atomic mass is 9.97. The van der Waals surface area contributed by atoms with Gasteiger partial charge in [0.15, 0.2) is 0 Å². The summed E-state index contributed by atoms with van der Waals surface area (Å²) in [5.74, 6) is 0.0315. The van der Waals surface area contributed by atoms with E-state index in [1.807, 2.05) is 38.1 Å². The number of aryl methyl sites for hydroxylation is 3. The molecular weight excluding hydrogens is 440 g/mol. The number of anilines is 1. The summed E-state index contributed by atoms with van der Waals surface area (Å²) in [6, 6.07) is 7.65. The van der Waals surface area contributed by atoms with E-state index in [2.05, 4.69) is 15.3 Å². The Labute approximate surface area is 196 Å². The van der Waals surface area contributed by atoms with Crippen LogP contribution in [-0.2, 0) is 22.4 Å². The van der Waals surface area contributed by atoms with Gasteiger partial charge in [-0.1, -0.05) is 36.9 Å². The van der Waals surface area contributed by atoms with Crippen LogP contribution in [0.2, 0.25) is 0 Å². The second-order valence-electron chi connectivity index (χ2n) is 8.04. The van der Waals surface area contributed by atoms with Gasteiger partial charge in [-0.2, -0.15) is 0 Å². The van der Waals surface area contributed by atoms with Crippen LogP contribution in [0.25, 0.3) is 10.2 Å². The van der Waals surface area contributed by atoms with E-state index in [0.29, 0.717) is 6.54 Å². The van der Waals surface area contributed by atoms with Gasteiger partial charge >= 0.3 is 0 Å². The molecule has 1 aliphatic rings. The number of para-hydroxylation sites is 1. The maximum absolute atomic E-state index is 13.0. The van der Waals surface area contributed by atoms with Gasteiger partial charge in [0, 0.05) is 22.5 Å². The first kappa shape index (κ1) is 22.7. The average molecular weight is 469 g/mol. The van der Waals surface area contributed by atoms with E-state index in [1.54, 1.807) is 22.6 Å². The van der Waals surface area contributed by atoms with Gasteiger partial charge in [0.05, 0.1) is 12.3 Å². The maximum atomic E-state index is 13.0. The molecule has 0 atom stereocenters. The van der Waals surface area contributed by atoms with Gasteiger partial charge in [0.25, 0.3) is 0 Å². The first-order valence-corrected chi connectivity index (χ1v) is 12.9. The number of amides is 2. The zero-order chi connectivity index (χ0) is 22.5. The van der Waals surface area contributed by atoms with Crippen molar-refractivity contribution >= 4 is 50.8 Å². The molecule has 0 bridgehead atoms. The lowest BCUT2D eigenvalue weighted by Gasteiger charge is -2.22. The largest absolute Gasteiger partial charge is 0.333 e. The summed E-state index contributed by atoms with van der Waals surface area (Å²) in [7, 11) is 0. The topological polar surface area (TPSA) is 75.2 Å². The summed E-state index contributed by atoms with van der Waals surface area (Å²) in [5, 5.41) is 4.93. The molecule has 0 saturated heterocycles. The fourth-order valence-electron chi connectivity index (χ4n) is 4.03. The first-order valence-electron chi connectivity index (χ1n) is 11.1. The van der Waals surface area contributed by atoms with Gasteiger partial charge in [-0.3, -0.25) is 9.59 Å². The highest BCUT2D eigenvalue weighted by Crippen LogP contribution is 2.39. The first-order chi connectivity index (χ1) is 15.6. The van der Waals surface area contributed by atoms with Crippen molar-refractivity contribution in [1.82, 2.24) is 14.9 Å². The SMILES string of the molecule is CCCN(CC(=O)Nc1ccccc1C)C(=O)CSc1ncnc2sc3c(c12)CCCC3. The zero-order valence-corrected chi connectivity index (χ0v) is 20.2. The van der Waals surface area contributed by atoms with Crippen LogP contribution in [0.15, 0.2) is 35.6 Å². The molecule has 1 N–H and O–H groups in total. The molecule has 2 amide bonds. The van der Waals surface area contributed by atoms with Gasteiger partial charge in [-0.25, -0.2) is 9.97 Å². The molecule has 2 aromatic heterocycles. The maximum Gasteiger partial charge on any atom is 0.244 e. The number of benzene rings is 1. The Morgan fingerprint density at radius 3 is 2.81 bits per heavy atom. The fourth-order valence-corrected chi connectivity index (χ4v) is 6.25. The minimum Gasteiger partial charge on any atom is -0.333 e. The van der Waals surface area contributed by atoms with Crippen molar-refractivity contribution in [3.05, 3.63) is 46.6 Å². The molecular formula is C24H28N4O2S2. The summed E-state index contributed by atoms with van der Waals surface area (Å²) < 4.78 is 0. The molecule has 6 nitrogen and oxygen atoms in total. The quantitative estimate of drug-likeness (QED) is 0.378. The molecule has 8 heteroatoms. The number of thioether (sulfide) groups is 1. The Morgan fingerprint density at radius 1 is 1.19 bits per heavy atom. The standard InChI is InChI=1S/C24H28N4O2S2/c1-3-12-28(13-20(29)27-18-10-6-4-8-16(18)2)21(30)14-31-23-22-17-9-5-7-11-19(17)32-24(22)26-15-25-23/h4,6,8,10,15H,3,5,7,9,11-14H2,1-2H3,(H,27,29). The van der Waals surface area contributed by atoms with Crippen molar-refractivity contribution in [3.63, 3.8) is 0 Å². The number of nitrogens with one attached hydrogen (secondary N) is 1. The molecule has 32 heavy (non-hydrogen) atoms. The van der Waals surface area contributed by atoms with Crippen molar-refractivity contribution < 1.29 is 9.59 Å². The fraction of sp³-hybridized carbons (Fsp3) is 0.417. The zero-order valence-electron chi connectivity index (χ0n) is 18.5. The third-order valence-corrected chi connectivity index (χ3v) is 7.82. The van der Waals surface area contributed by atoms with Gasteiger partial charge in [0.1, 0.15) is 16.2 Å². The molecule has 1 aromatic carbocycles. The van der Waals surface area contributed by atoms with Gasteiger partial charge in [-0.05, 0) is 56.2 Å². The molecule has 168 valence electrons. The molecule has 2 heterocycles. The van der Waals surface area contributed by atoms with Crippen LogP contribution in [0.5, 0.6) is 0 Å². The number of carbonyl (C=O) groups is 2. The highest BCUT2D eigenvalue weighted by atomic mass is 32.2. The molecule has 0 fully saturated rings. The Balaban J connectivity index is 1.43. The van der Waals surface area contributed by atoms with Crippen molar-refractivity contribution in [3.8, 4) is 0 Å². The van der Waals surface area contributed by atoms with Crippen molar-refractivity contribution in [2.45, 2.75) is 51.0 Å². The van der Waals surface area contributed by atoms with Crippen molar-refractivity contribution in [2.75, 3.05) is 24.2 Å². The number of aromatic nitrogens is 2. The second kappa shape index (κ2) is 10.4. The number of hydrogen-bond donors (Lipinski definition) is 1. The molecule has 3 aromatic rings. The minimum absolute atomic E-state index is 0.0485. The van der Waals surface area contributed by atoms with Gasteiger partial charge < -0.3 is 10.2 Å². The number of thiophene rings is 1. The molecule has 1 aliphatic carbocycles. The van der Waals surface area contributed by atoms with E-state index in [1.165, 1.54) is 35.0 Å². The predicted molar refractivity (Wildman–Crippen MR) is 131 cm³/mol. The third-order valence-electron chi connectivity index (χ3n) is 5.65. The molecule has 0 spiro atoms. The van der Waals surface area contributed by atoms with Crippen molar-refractivity contribution in [2.24, 2.45) is 0 Å². The second-order valence-corrected chi connectivity index (χ2v) is 10.1. The van der Waals surface area contributed by atoms with Crippen molar-refractivity contribution in [1.29, 1.82) is 0 Å². The summed E-state index contributed by atoms with van der Waals surface area (Å²) >= 11 is 3.22. The van der Waals surface area contributed by atoms with Crippen LogP contribution in [0.4, 0.5) is 5.69 Å². The van der Waals surface area contributed by atoms with Crippen LogP contribution in [0, 0.1) is 6.92 Å². The lowest BCUT2D eigenvalue weighted by molar-refractivity contribution is -0.132. The van der Waals surface area contributed by atoms with Crippen LogP contribution in [-0.4, -0.2) is 45.5 Å². The molecule has 4 rings (SSSR count). The average Bonchev–Trinajstić information content (AvgIpc) is 3.18. The van der Waals surface area contributed by atoms with Gasteiger partial charge in [0.2, 0.25) is 11.8 Å². The predicted octanol–water partition coefficient (Wildman–Crippen LogP) is 4.85. The smallest absolute Gasteiger partial charge is 0.244 e. The Morgan fingerprint density at radius 2 is 2.00 bits per heavy atom. The number of fused-ring (bicyclic) bond motifs is 3. The van der Waals surface area contributed by atoms with E-state index in [4.69, 9.17) is 0 Å². The summed E-state index contributed by atoms with van der Waals surface area (Å²) in [5.41, 5.74) is 3.15. The summed E-state index contributed by atoms with van der Waals surface area (Å²) in [6.45, 7) is 4.56. The lowest BCUT2D eigenvalue weighted by Crippen LogP contribution is -2.39. The number of carbonyl (C=O) groups excluding carboxylic acids is 2. The monoisotopic (exact) mass is 468 g/mol. The van der Waals surface area contributed by atoms with Crippen LogP contribution >= 0.6 is 23.1 Å². The number of nitrogens with zero attached hydrogens (tertiary/aromatic N) is 3. The third kappa shape index (κ3) is 5.13. The van der Waals surface area contributed by atoms with Crippen LogP contribution in [0.3, 0.4) is 0 Å². The van der Waals surface area contributed by atoms with E-state index < -0.39 is 0 Å². The number of hydrogen-bond acceptors (Lipinski definition) is 6. The molecule has 0 aliphatic heterocycles. The van der Waals surface area contributed by atoms with E-state index >= 15 is 0 Å². The van der Waals surface area contributed by atoms with Crippen LogP contribution < -0.4 is 5.32 Å². The van der Waals surface area contributed by atoms with E-state index in [-0.39, 0.29) is 24.1 Å². The number of rotatable bonds is 8. The minimum atomic E-state index is -0.178. The molecule has 0 radical (unpaired) electrons.